The van der Waals surface area contributed by atoms with Crippen molar-refractivity contribution in [2.75, 3.05) is 6.61 Å². The van der Waals surface area contributed by atoms with Crippen molar-refractivity contribution < 1.29 is 4.43 Å². The first-order valence-corrected chi connectivity index (χ1v) is 7.92. The van der Waals surface area contributed by atoms with E-state index in [2.05, 4.69) is 48.1 Å². The summed E-state index contributed by atoms with van der Waals surface area (Å²) in [5.41, 5.74) is 0.743. The molecule has 2 atom stereocenters. The van der Waals surface area contributed by atoms with E-state index in [0.29, 0.717) is 5.04 Å². The maximum Gasteiger partial charge on any atom is 0.197 e. The van der Waals surface area contributed by atoms with Gasteiger partial charge in [-0.05, 0) is 24.1 Å². The highest BCUT2D eigenvalue weighted by atomic mass is 28.4. The lowest BCUT2D eigenvalue weighted by Crippen LogP contribution is -2.47. The van der Waals surface area contributed by atoms with Gasteiger partial charge < -0.3 is 4.43 Å². The molecule has 13 heavy (non-hydrogen) atoms. The molecule has 0 saturated heterocycles. The van der Waals surface area contributed by atoms with Crippen LogP contribution in [0.4, 0.5) is 0 Å². The zero-order valence-corrected chi connectivity index (χ0v) is 11.4. The molecule has 0 aliphatic carbocycles. The maximum absolute atomic E-state index is 6.09. The molecule has 0 fully saturated rings. The van der Waals surface area contributed by atoms with Crippen LogP contribution in [-0.4, -0.2) is 14.9 Å². The molecule has 0 aliphatic rings. The minimum absolute atomic E-state index is 0.346. The Hall–Kier alpha value is 0.177. The molecule has 0 amide bonds. The summed E-state index contributed by atoms with van der Waals surface area (Å²) < 4.78 is 6.09. The Kier molecular flexibility index (Phi) is 4.67. The summed E-state index contributed by atoms with van der Waals surface area (Å²) in [5.74, 6) is 0. The first-order chi connectivity index (χ1) is 5.79. The van der Waals surface area contributed by atoms with Gasteiger partial charge in [-0.2, -0.15) is 0 Å². The van der Waals surface area contributed by atoms with Crippen LogP contribution in [0.25, 0.3) is 0 Å². The van der Waals surface area contributed by atoms with Crippen LogP contribution in [0.15, 0.2) is 0 Å². The van der Waals surface area contributed by atoms with Crippen LogP contribution in [0, 0.1) is 0 Å². The lowest BCUT2D eigenvalue weighted by atomic mass is 10.2. The van der Waals surface area contributed by atoms with Crippen LogP contribution in [0.3, 0.4) is 0 Å². The van der Waals surface area contributed by atoms with Crippen molar-refractivity contribution in [3.63, 3.8) is 0 Å². The zero-order chi connectivity index (χ0) is 10.7. The van der Waals surface area contributed by atoms with Gasteiger partial charge in [0.25, 0.3) is 0 Å². The summed E-state index contributed by atoms with van der Waals surface area (Å²) in [6.07, 6.45) is 1.24. The highest BCUT2D eigenvalue weighted by Gasteiger charge is 2.45. The monoisotopic (exact) mass is 202 g/mol. The molecule has 80 valence electrons. The van der Waals surface area contributed by atoms with Crippen LogP contribution >= 0.6 is 0 Å². The first-order valence-electron chi connectivity index (χ1n) is 5.43. The third kappa shape index (κ3) is 2.81. The molecule has 0 radical (unpaired) electrons. The minimum Gasteiger partial charge on any atom is -0.417 e. The fraction of sp³-hybridized carbons (Fsp3) is 1.00. The van der Waals surface area contributed by atoms with E-state index in [9.17, 15) is 0 Å². The largest absolute Gasteiger partial charge is 0.417 e. The van der Waals surface area contributed by atoms with Gasteiger partial charge in [-0.3, -0.25) is 0 Å². The summed E-state index contributed by atoms with van der Waals surface area (Å²) in [7, 11) is -1.55. The van der Waals surface area contributed by atoms with Crippen LogP contribution in [0.5, 0.6) is 0 Å². The van der Waals surface area contributed by atoms with E-state index < -0.39 is 8.32 Å². The fourth-order valence-corrected chi connectivity index (χ4v) is 5.36. The molecular formula is C11H26OSi. The van der Waals surface area contributed by atoms with Crippen molar-refractivity contribution >= 4 is 8.32 Å². The summed E-state index contributed by atoms with van der Waals surface area (Å²) in [6, 6.07) is 0. The quantitative estimate of drug-likeness (QED) is 0.621. The maximum atomic E-state index is 6.09. The predicted molar refractivity (Wildman–Crippen MR) is 62.7 cm³/mol. The van der Waals surface area contributed by atoms with Gasteiger partial charge in [0.05, 0.1) is 0 Å². The van der Waals surface area contributed by atoms with Gasteiger partial charge in [-0.25, -0.2) is 0 Å². The van der Waals surface area contributed by atoms with Crippen LogP contribution < -0.4 is 0 Å². The van der Waals surface area contributed by atoms with E-state index >= 15 is 0 Å². The van der Waals surface area contributed by atoms with Gasteiger partial charge in [-0.15, -0.1) is 0 Å². The van der Waals surface area contributed by atoms with Crippen molar-refractivity contribution in [1.82, 2.24) is 0 Å². The molecule has 0 aromatic rings. The lowest BCUT2D eigenvalue weighted by molar-refractivity contribution is 0.291. The van der Waals surface area contributed by atoms with E-state index in [1.165, 1.54) is 6.42 Å². The standard InChI is InChI=1S/C11H26OSi/c1-8-10(3)13(7,12-9-2)11(4,5)6/h10H,8-9H2,1-7H3. The summed E-state index contributed by atoms with van der Waals surface area (Å²) in [6.45, 7) is 16.9. The molecule has 0 spiro atoms. The molecule has 0 aromatic heterocycles. The van der Waals surface area contributed by atoms with Crippen molar-refractivity contribution in [1.29, 1.82) is 0 Å². The average molecular weight is 202 g/mol. The van der Waals surface area contributed by atoms with Crippen LogP contribution in [-0.2, 0) is 4.43 Å². The molecule has 0 saturated carbocycles. The smallest absolute Gasteiger partial charge is 0.197 e. The molecule has 0 aliphatic heterocycles. The SMILES string of the molecule is CCO[Si](C)(C(C)CC)C(C)(C)C. The van der Waals surface area contributed by atoms with Gasteiger partial charge in [0, 0.05) is 6.61 Å². The molecular weight excluding hydrogens is 176 g/mol. The zero-order valence-electron chi connectivity index (χ0n) is 10.4. The van der Waals surface area contributed by atoms with E-state index in [4.69, 9.17) is 4.43 Å². The van der Waals surface area contributed by atoms with E-state index in [0.717, 1.165) is 12.1 Å². The third-order valence-corrected chi connectivity index (χ3v) is 9.64. The van der Waals surface area contributed by atoms with Gasteiger partial charge in [0.2, 0.25) is 0 Å². The second-order valence-corrected chi connectivity index (χ2v) is 10.1. The molecule has 1 nitrogen and oxygen atoms in total. The second kappa shape index (κ2) is 4.60. The second-order valence-electron chi connectivity index (χ2n) is 5.10. The van der Waals surface area contributed by atoms with Gasteiger partial charge in [-0.1, -0.05) is 41.0 Å². The van der Waals surface area contributed by atoms with Gasteiger partial charge >= 0.3 is 0 Å². The highest BCUT2D eigenvalue weighted by Crippen LogP contribution is 2.45. The Morgan fingerprint density at radius 3 is 1.92 bits per heavy atom. The highest BCUT2D eigenvalue weighted by molar-refractivity contribution is 6.76. The van der Waals surface area contributed by atoms with Crippen molar-refractivity contribution in [2.45, 2.75) is 65.1 Å². The summed E-state index contributed by atoms with van der Waals surface area (Å²) in [5, 5.41) is 0.346. The predicted octanol–water partition coefficient (Wildman–Crippen LogP) is 4.20. The van der Waals surface area contributed by atoms with Crippen molar-refractivity contribution in [3.05, 3.63) is 0 Å². The Balaban J connectivity index is 4.72. The Morgan fingerprint density at radius 1 is 1.23 bits per heavy atom. The Labute approximate surface area is 85.0 Å². The topological polar surface area (TPSA) is 9.23 Å². The number of hydrogen-bond donors (Lipinski definition) is 0. The first kappa shape index (κ1) is 13.2. The van der Waals surface area contributed by atoms with Crippen molar-refractivity contribution in [2.24, 2.45) is 0 Å². The van der Waals surface area contributed by atoms with Crippen LogP contribution in [0.2, 0.25) is 17.1 Å². The molecule has 0 rings (SSSR count). The lowest BCUT2D eigenvalue weighted by Gasteiger charge is -2.43. The summed E-state index contributed by atoms with van der Waals surface area (Å²) in [4.78, 5) is 0. The molecule has 0 N–H and O–H groups in total. The molecule has 0 heterocycles. The normalized spacial score (nSPS) is 19.6. The summed E-state index contributed by atoms with van der Waals surface area (Å²) >= 11 is 0. The number of hydrogen-bond acceptors (Lipinski definition) is 1. The van der Waals surface area contributed by atoms with Gasteiger partial charge in [0.1, 0.15) is 0 Å². The van der Waals surface area contributed by atoms with E-state index in [1.54, 1.807) is 0 Å². The number of rotatable bonds is 4. The molecule has 0 bridgehead atoms. The Bertz CT molecular complexity index is 151. The van der Waals surface area contributed by atoms with Crippen molar-refractivity contribution in [3.8, 4) is 0 Å². The van der Waals surface area contributed by atoms with E-state index in [-0.39, 0.29) is 0 Å². The van der Waals surface area contributed by atoms with Crippen LogP contribution in [0.1, 0.15) is 48.0 Å². The molecule has 2 unspecified atom stereocenters. The molecule has 2 heteroatoms. The van der Waals surface area contributed by atoms with E-state index in [1.807, 2.05) is 0 Å². The minimum atomic E-state index is -1.55. The third-order valence-electron chi connectivity index (χ3n) is 3.49. The van der Waals surface area contributed by atoms with Gasteiger partial charge in [0.15, 0.2) is 8.32 Å². The fourth-order valence-electron chi connectivity index (χ4n) is 1.79. The average Bonchev–Trinajstić information content (AvgIpc) is 2.01. The Morgan fingerprint density at radius 2 is 1.69 bits per heavy atom. The molecule has 0 aromatic carbocycles.